The highest BCUT2D eigenvalue weighted by Gasteiger charge is 2.15. The monoisotopic (exact) mass is 786 g/mol. The van der Waals surface area contributed by atoms with Crippen molar-refractivity contribution in [2.45, 2.75) is 87.9 Å². The Kier molecular flexibility index (Phi) is 21.0. The Hall–Kier alpha value is -6.04. The molecule has 0 spiro atoms. The third-order valence-electron chi connectivity index (χ3n) is 8.54. The van der Waals surface area contributed by atoms with Gasteiger partial charge >= 0.3 is 5.97 Å². The molecule has 7 rings (SSSR count). The maximum Gasteiger partial charge on any atom is 0.303 e. The molecule has 11 nitrogen and oxygen atoms in total. The molecule has 1 aliphatic rings. The van der Waals surface area contributed by atoms with Crippen molar-refractivity contribution in [2.24, 2.45) is 0 Å². The molecule has 0 saturated carbocycles. The van der Waals surface area contributed by atoms with Crippen LogP contribution in [0.3, 0.4) is 0 Å². The third-order valence-corrected chi connectivity index (χ3v) is 8.54. The van der Waals surface area contributed by atoms with E-state index in [4.69, 9.17) is 14.6 Å². The quantitative estimate of drug-likeness (QED) is 0.118. The molecule has 306 valence electrons. The van der Waals surface area contributed by atoms with Crippen LogP contribution in [0.4, 0.5) is 0 Å². The molecule has 0 aliphatic carbocycles. The van der Waals surface area contributed by atoms with Gasteiger partial charge in [-0.15, -0.1) is 0 Å². The zero-order valence-electron chi connectivity index (χ0n) is 31.5. The first-order valence-electron chi connectivity index (χ1n) is 18.3. The number of carboxylic acid groups (broad SMARTS) is 1. The maximum atomic E-state index is 10.5. The number of carbonyl (C=O) groups excluding carboxylic acids is 1. The number of aromatic nitrogens is 6. The van der Waals surface area contributed by atoms with Gasteiger partial charge in [0.2, 0.25) is 0 Å². The van der Waals surface area contributed by atoms with Crippen LogP contribution in [0.1, 0.15) is 74.9 Å². The van der Waals surface area contributed by atoms with Crippen molar-refractivity contribution in [3.8, 4) is 34.2 Å². The lowest BCUT2D eigenvalue weighted by Gasteiger charge is -2.09. The van der Waals surface area contributed by atoms with E-state index in [2.05, 4.69) is 49.0 Å². The summed E-state index contributed by atoms with van der Waals surface area (Å²) in [6, 6.07) is 23.7. The number of hydrogen-bond donors (Lipinski definition) is 1. The highest BCUT2D eigenvalue weighted by Crippen LogP contribution is 2.20. The van der Waals surface area contributed by atoms with Gasteiger partial charge < -0.3 is 19.4 Å². The summed E-state index contributed by atoms with van der Waals surface area (Å²) in [6.45, 7) is 7.50. The third kappa shape index (κ3) is 15.8. The minimum absolute atomic E-state index is 0. The van der Waals surface area contributed by atoms with Gasteiger partial charge in [0, 0.05) is 56.4 Å². The number of carbonyl (C=O) groups is 2. The summed E-state index contributed by atoms with van der Waals surface area (Å²) in [5, 5.41) is 8.67. The molecule has 6 aromatic rings. The van der Waals surface area contributed by atoms with E-state index in [1.54, 1.807) is 24.8 Å². The molecule has 58 heavy (non-hydrogen) atoms. The van der Waals surface area contributed by atoms with Gasteiger partial charge in [0.1, 0.15) is 6.29 Å². The predicted octanol–water partition coefficient (Wildman–Crippen LogP) is 9.72. The SMILES string of the molecule is C.C.C.Cc1ccnc(-c2cc(CCC(=O)O)ccn2)c1.Cc1ccnc(-c2cc(CCC3OCCO3)ccn2)c1.Cc1ccnc(-c2cc(CCC=O)ccn2)c1. The van der Waals surface area contributed by atoms with Gasteiger partial charge in [0.15, 0.2) is 6.29 Å². The van der Waals surface area contributed by atoms with Crippen LogP contribution in [0.5, 0.6) is 0 Å². The molecule has 1 N–H and O–H groups in total. The van der Waals surface area contributed by atoms with Gasteiger partial charge in [0.25, 0.3) is 0 Å². The number of nitrogens with zero attached hydrogens (tertiary/aromatic N) is 6. The van der Waals surface area contributed by atoms with Crippen molar-refractivity contribution < 1.29 is 24.2 Å². The molecule has 0 radical (unpaired) electrons. The molecule has 0 atom stereocenters. The molecule has 11 heteroatoms. The van der Waals surface area contributed by atoms with Crippen LogP contribution in [0.15, 0.2) is 110 Å². The topological polar surface area (TPSA) is 150 Å². The number of aliphatic carboxylic acids is 1. The Labute approximate surface area is 344 Å². The Morgan fingerprint density at radius 1 is 0.569 bits per heavy atom. The number of pyridine rings is 6. The van der Waals surface area contributed by atoms with Crippen LogP contribution in [-0.2, 0) is 38.3 Å². The fourth-order valence-electron chi connectivity index (χ4n) is 5.67. The zero-order valence-corrected chi connectivity index (χ0v) is 31.5. The van der Waals surface area contributed by atoms with Crippen LogP contribution in [-0.4, -0.2) is 66.8 Å². The Morgan fingerprint density at radius 2 is 0.914 bits per heavy atom. The van der Waals surface area contributed by atoms with Crippen molar-refractivity contribution in [3.05, 3.63) is 143 Å². The Balaban J connectivity index is 0.000000294. The fourth-order valence-corrected chi connectivity index (χ4v) is 5.67. The van der Waals surface area contributed by atoms with Crippen molar-refractivity contribution in [1.29, 1.82) is 0 Å². The Morgan fingerprint density at radius 3 is 1.28 bits per heavy atom. The number of carboxylic acids is 1. The second kappa shape index (κ2) is 25.3. The first-order valence-corrected chi connectivity index (χ1v) is 18.3. The zero-order chi connectivity index (χ0) is 38.8. The summed E-state index contributed by atoms with van der Waals surface area (Å²) in [4.78, 5) is 46.8. The summed E-state index contributed by atoms with van der Waals surface area (Å²) in [5.41, 5.74) is 11.9. The van der Waals surface area contributed by atoms with E-state index >= 15 is 0 Å². The first-order chi connectivity index (χ1) is 26.7. The normalized spacial score (nSPS) is 11.6. The first kappa shape index (κ1) is 48.1. The number of hydrogen-bond acceptors (Lipinski definition) is 10. The lowest BCUT2D eigenvalue weighted by molar-refractivity contribution is -0.137. The average Bonchev–Trinajstić information content (AvgIpc) is 3.73. The Bertz CT molecular complexity index is 2150. The molecular formula is C47H58N6O5. The molecule has 6 aromatic heterocycles. The van der Waals surface area contributed by atoms with Crippen molar-refractivity contribution in [2.75, 3.05) is 13.2 Å². The molecule has 7 heterocycles. The number of aryl methyl sites for hydroxylation is 6. The summed E-state index contributed by atoms with van der Waals surface area (Å²) < 4.78 is 10.9. The van der Waals surface area contributed by atoms with E-state index in [0.29, 0.717) is 26.1 Å². The summed E-state index contributed by atoms with van der Waals surface area (Å²) >= 11 is 0. The van der Waals surface area contributed by atoms with Gasteiger partial charge in [-0.2, -0.15) is 0 Å². The highest BCUT2D eigenvalue weighted by molar-refractivity contribution is 5.67. The van der Waals surface area contributed by atoms with Crippen molar-refractivity contribution in [3.63, 3.8) is 0 Å². The van der Waals surface area contributed by atoms with Crippen molar-refractivity contribution >= 4 is 12.3 Å². The number of ether oxygens (including phenoxy) is 2. The van der Waals surface area contributed by atoms with E-state index in [1.165, 1.54) is 11.1 Å². The van der Waals surface area contributed by atoms with Gasteiger partial charge in [-0.3, -0.25) is 34.7 Å². The number of aldehydes is 1. The standard InChI is InChI=1S/C16H18N2O2.C14H14N2O2.C14H14N2O.3CH4/c1-12-4-6-17-14(10-12)15-11-13(5-7-18-15)2-3-16-19-8-9-20-16;1-10-4-6-15-12(8-10)13-9-11(5-7-16-13)2-3-14(17)18;1-11-4-6-15-13(9-11)14-10-12(3-2-8-17)5-7-16-14;;;/h4-7,10-11,16H,2-3,8-9H2,1H3;4-9H,2-3H2,1H3,(H,17,18);4-10H,2-3H2,1H3;3*1H4. The van der Waals surface area contributed by atoms with Gasteiger partial charge in [-0.1, -0.05) is 22.3 Å². The molecule has 1 saturated heterocycles. The minimum Gasteiger partial charge on any atom is -0.481 e. The summed E-state index contributed by atoms with van der Waals surface area (Å²) in [5.74, 6) is -0.790. The largest absolute Gasteiger partial charge is 0.481 e. The minimum atomic E-state index is -0.790. The molecule has 0 aromatic carbocycles. The molecule has 1 fully saturated rings. The smallest absolute Gasteiger partial charge is 0.303 e. The van der Waals surface area contributed by atoms with Crippen LogP contribution in [0, 0.1) is 20.8 Å². The van der Waals surface area contributed by atoms with E-state index in [9.17, 15) is 9.59 Å². The van der Waals surface area contributed by atoms with E-state index in [1.807, 2.05) is 86.9 Å². The second-order valence-corrected chi connectivity index (χ2v) is 13.1. The van der Waals surface area contributed by atoms with E-state index < -0.39 is 5.97 Å². The van der Waals surface area contributed by atoms with Gasteiger partial charge in [0.05, 0.1) is 47.4 Å². The van der Waals surface area contributed by atoms with Crippen molar-refractivity contribution in [1.82, 2.24) is 29.9 Å². The van der Waals surface area contributed by atoms with E-state index in [-0.39, 0.29) is 35.0 Å². The number of rotatable bonds is 12. The lowest BCUT2D eigenvalue weighted by Crippen LogP contribution is -2.08. The molecule has 0 bridgehead atoms. The van der Waals surface area contributed by atoms with Crippen LogP contribution in [0.25, 0.3) is 34.2 Å². The van der Waals surface area contributed by atoms with Gasteiger partial charge in [-0.25, -0.2) is 0 Å². The maximum absolute atomic E-state index is 10.5. The van der Waals surface area contributed by atoms with Crippen LogP contribution >= 0.6 is 0 Å². The van der Waals surface area contributed by atoms with Gasteiger partial charge in [-0.05, 0) is 146 Å². The molecule has 0 amide bonds. The predicted molar refractivity (Wildman–Crippen MR) is 231 cm³/mol. The fraction of sp³-hybridized carbons (Fsp3) is 0.319. The molecular weight excluding hydrogens is 729 g/mol. The molecule has 1 aliphatic heterocycles. The lowest BCUT2D eigenvalue weighted by atomic mass is 10.1. The van der Waals surface area contributed by atoms with E-state index in [0.717, 1.165) is 82.0 Å². The summed E-state index contributed by atoms with van der Waals surface area (Å²) in [6.07, 6.45) is 15.3. The molecule has 0 unspecified atom stereocenters. The van der Waals surface area contributed by atoms with Crippen LogP contribution in [0.2, 0.25) is 0 Å². The second-order valence-electron chi connectivity index (χ2n) is 13.1. The highest BCUT2D eigenvalue weighted by atomic mass is 16.7. The average molecular weight is 787 g/mol. The summed E-state index contributed by atoms with van der Waals surface area (Å²) in [7, 11) is 0. The van der Waals surface area contributed by atoms with Crippen LogP contribution < -0.4 is 0 Å².